The predicted octanol–water partition coefficient (Wildman–Crippen LogP) is 1.74. The van der Waals surface area contributed by atoms with Crippen LogP contribution in [0.25, 0.3) is 0 Å². The third-order valence-electron chi connectivity index (χ3n) is 1.54. The Kier molecular flexibility index (Phi) is 22.2. The molecule has 0 nitrogen and oxygen atoms in total. The first-order chi connectivity index (χ1) is 3.81. The van der Waals surface area contributed by atoms with E-state index in [0.29, 0.717) is 5.92 Å². The van der Waals surface area contributed by atoms with E-state index in [0.717, 1.165) is 0 Å². The topological polar surface area (TPSA) is 0 Å². The van der Waals surface area contributed by atoms with Gasteiger partial charge in [0.1, 0.15) is 0 Å². The van der Waals surface area contributed by atoms with Gasteiger partial charge in [0.05, 0.1) is 0 Å². The Labute approximate surface area is 89.9 Å². The molecule has 0 aromatic rings. The number of rotatable bonds is 4. The van der Waals surface area contributed by atoms with E-state index in [-0.39, 0.29) is 37.7 Å². The molecule has 0 aliphatic carbocycles. The van der Waals surface area contributed by atoms with E-state index in [9.17, 15) is 0 Å². The second-order valence-corrected chi connectivity index (χ2v) is 2.42. The third-order valence-corrected chi connectivity index (χ3v) is 1.54. The minimum atomic E-state index is 0. The van der Waals surface area contributed by atoms with Crippen LogP contribution in [0.2, 0.25) is 0 Å². The van der Waals surface area contributed by atoms with Gasteiger partial charge in [-0.1, -0.05) is 46.5 Å². The zero-order valence-electron chi connectivity index (χ0n) is 6.11. The number of unbranched alkanes of at least 4 members (excludes halogenated alkanes) is 1. The van der Waals surface area contributed by atoms with Gasteiger partial charge in [0.25, 0.3) is 0 Å². The monoisotopic (exact) mass is 129 g/mol. The number of hydrogen-bond acceptors (Lipinski definition) is 0. The van der Waals surface area contributed by atoms with Gasteiger partial charge in [-0.2, -0.15) is 0 Å². The predicted molar refractivity (Wildman–Crippen MR) is 53.0 cm³/mol. The Morgan fingerprint density at radius 3 is 2.00 bits per heavy atom. The molecule has 0 aliphatic heterocycles. The van der Waals surface area contributed by atoms with Gasteiger partial charge in [-0.05, 0) is 5.92 Å². The van der Waals surface area contributed by atoms with E-state index >= 15 is 0 Å². The standard InChI is InChI=1S/C8H17.2Li.2H/c1-4-6-7-8(3)5-2;;;;/h8H,3-7H2,1-2H3;;;;. The average molecular weight is 129 g/mol. The fourth-order valence-electron chi connectivity index (χ4n) is 0.697. The van der Waals surface area contributed by atoms with Crippen LogP contribution in [0.1, 0.15) is 39.5 Å². The summed E-state index contributed by atoms with van der Waals surface area (Å²) in [6.45, 7) is 8.42. The van der Waals surface area contributed by atoms with Gasteiger partial charge in [-0.25, -0.2) is 0 Å². The van der Waals surface area contributed by atoms with Crippen LogP contribution in [0, 0.1) is 12.8 Å². The Morgan fingerprint density at radius 1 is 1.20 bits per heavy atom. The molecule has 0 heterocycles. The van der Waals surface area contributed by atoms with E-state index < -0.39 is 0 Å². The van der Waals surface area contributed by atoms with Crippen LogP contribution in [0.15, 0.2) is 0 Å². The SMILES string of the molecule is [CH2]C(CC)CCCC.[LiH].[LiH]. The second-order valence-electron chi connectivity index (χ2n) is 2.42. The van der Waals surface area contributed by atoms with Crippen LogP contribution in [0.5, 0.6) is 0 Å². The molecule has 53 valence electrons. The molecule has 0 bridgehead atoms. The van der Waals surface area contributed by atoms with E-state index in [4.69, 9.17) is 0 Å². The van der Waals surface area contributed by atoms with Crippen LogP contribution < -0.4 is 0 Å². The summed E-state index contributed by atoms with van der Waals surface area (Å²) < 4.78 is 0. The molecule has 0 aromatic heterocycles. The summed E-state index contributed by atoms with van der Waals surface area (Å²) in [6, 6.07) is 0. The van der Waals surface area contributed by atoms with Gasteiger partial charge in [-0.15, -0.1) is 0 Å². The maximum absolute atomic E-state index is 3.99. The fourth-order valence-corrected chi connectivity index (χ4v) is 0.697. The van der Waals surface area contributed by atoms with Gasteiger partial charge in [0, 0.05) is 0 Å². The van der Waals surface area contributed by atoms with Crippen LogP contribution in [-0.4, -0.2) is 37.7 Å². The summed E-state index contributed by atoms with van der Waals surface area (Å²) in [5, 5.41) is 0. The van der Waals surface area contributed by atoms with E-state index in [1.54, 1.807) is 0 Å². The molecule has 0 N–H and O–H groups in total. The summed E-state index contributed by atoms with van der Waals surface area (Å²) in [7, 11) is 0. The van der Waals surface area contributed by atoms with Crippen LogP contribution in [0.4, 0.5) is 0 Å². The van der Waals surface area contributed by atoms with Crippen molar-refractivity contribution in [2.24, 2.45) is 5.92 Å². The summed E-state index contributed by atoms with van der Waals surface area (Å²) in [4.78, 5) is 0. The van der Waals surface area contributed by atoms with Crippen molar-refractivity contribution in [1.82, 2.24) is 0 Å². The Bertz CT molecular complexity index is 46.5. The third kappa shape index (κ3) is 11.9. The Morgan fingerprint density at radius 2 is 1.70 bits per heavy atom. The summed E-state index contributed by atoms with van der Waals surface area (Å²) in [6.07, 6.45) is 5.21. The Hall–Kier alpha value is 1.19. The zero-order valence-corrected chi connectivity index (χ0v) is 6.11. The van der Waals surface area contributed by atoms with Crippen molar-refractivity contribution >= 4 is 37.7 Å². The molecule has 1 radical (unpaired) electrons. The van der Waals surface area contributed by atoms with Gasteiger partial charge in [-0.3, -0.25) is 0 Å². The van der Waals surface area contributed by atoms with Crippen molar-refractivity contribution in [3.63, 3.8) is 0 Å². The quantitative estimate of drug-likeness (QED) is 0.507. The van der Waals surface area contributed by atoms with Crippen molar-refractivity contribution in [2.75, 3.05) is 0 Å². The van der Waals surface area contributed by atoms with Crippen molar-refractivity contribution in [1.29, 1.82) is 0 Å². The molecular formula is C8H19Li2. The van der Waals surface area contributed by atoms with Crippen molar-refractivity contribution in [3.05, 3.63) is 6.92 Å². The molecular weight excluding hydrogens is 110 g/mol. The molecule has 0 aromatic carbocycles. The van der Waals surface area contributed by atoms with Gasteiger partial charge < -0.3 is 0 Å². The van der Waals surface area contributed by atoms with Crippen LogP contribution >= 0.6 is 0 Å². The molecule has 2 heteroatoms. The molecule has 0 amide bonds. The average Bonchev–Trinajstić information content (AvgIpc) is 1.83. The first-order valence-electron chi connectivity index (χ1n) is 3.64. The molecule has 1 unspecified atom stereocenters. The van der Waals surface area contributed by atoms with Gasteiger partial charge in [0.15, 0.2) is 0 Å². The summed E-state index contributed by atoms with van der Waals surface area (Å²) >= 11 is 0. The number of hydrogen-bond donors (Lipinski definition) is 0. The molecule has 0 fully saturated rings. The van der Waals surface area contributed by atoms with Crippen molar-refractivity contribution < 1.29 is 0 Å². The van der Waals surface area contributed by atoms with Gasteiger partial charge >= 0.3 is 37.7 Å². The minimum absolute atomic E-state index is 0. The molecule has 10 heavy (non-hydrogen) atoms. The van der Waals surface area contributed by atoms with Crippen molar-refractivity contribution in [3.8, 4) is 0 Å². The fraction of sp³-hybridized carbons (Fsp3) is 0.875. The van der Waals surface area contributed by atoms with Crippen molar-refractivity contribution in [2.45, 2.75) is 39.5 Å². The molecule has 0 spiro atoms. The molecule has 0 rings (SSSR count). The molecule has 1 atom stereocenters. The van der Waals surface area contributed by atoms with E-state index in [1.165, 1.54) is 25.7 Å². The summed E-state index contributed by atoms with van der Waals surface area (Å²) in [5.74, 6) is 0.704. The first-order valence-corrected chi connectivity index (χ1v) is 3.64. The van der Waals surface area contributed by atoms with Crippen LogP contribution in [-0.2, 0) is 0 Å². The summed E-state index contributed by atoms with van der Waals surface area (Å²) in [5.41, 5.74) is 0. The van der Waals surface area contributed by atoms with E-state index in [2.05, 4.69) is 20.8 Å². The maximum atomic E-state index is 3.99. The molecule has 0 saturated carbocycles. The molecule has 0 saturated heterocycles. The normalized spacial score (nSPS) is 11.1. The Balaban J connectivity index is -0.000000245. The van der Waals surface area contributed by atoms with Crippen LogP contribution in [0.3, 0.4) is 0 Å². The first kappa shape index (κ1) is 17.3. The van der Waals surface area contributed by atoms with Gasteiger partial charge in [0.2, 0.25) is 0 Å². The second kappa shape index (κ2) is 12.8. The zero-order chi connectivity index (χ0) is 6.41. The molecule has 0 aliphatic rings. The van der Waals surface area contributed by atoms with E-state index in [1.807, 2.05) is 0 Å².